The van der Waals surface area contributed by atoms with Crippen LogP contribution >= 0.6 is 0 Å². The summed E-state index contributed by atoms with van der Waals surface area (Å²) in [5.74, 6) is 4.33. The van der Waals surface area contributed by atoms with Crippen molar-refractivity contribution < 1.29 is 18.9 Å². The molecule has 0 amide bonds. The van der Waals surface area contributed by atoms with Gasteiger partial charge in [-0.05, 0) is 124 Å². The van der Waals surface area contributed by atoms with Crippen LogP contribution in [-0.4, -0.2) is 100 Å². The summed E-state index contributed by atoms with van der Waals surface area (Å²) in [7, 11) is 0. The minimum Gasteiger partial charge on any atom is -0.376 e. The highest BCUT2D eigenvalue weighted by atomic mass is 16.5. The summed E-state index contributed by atoms with van der Waals surface area (Å²) in [6.07, 6.45) is 37.1. The molecule has 5 heterocycles. The van der Waals surface area contributed by atoms with Crippen molar-refractivity contribution in [2.75, 3.05) is 26.4 Å². The Morgan fingerprint density at radius 1 is 0.265 bits per heavy atom. The third kappa shape index (κ3) is 12.9. The lowest BCUT2D eigenvalue weighted by molar-refractivity contribution is -0.118. The molecule has 68 heavy (non-hydrogen) atoms. The van der Waals surface area contributed by atoms with E-state index in [1.165, 1.54) is 128 Å². The lowest BCUT2D eigenvalue weighted by atomic mass is 9.74. The Labute approximate surface area is 415 Å². The Bertz CT molecular complexity index is 1250. The Kier molecular flexibility index (Phi) is 20.5. The SMILES string of the molecule is CCCCCCOC1CC2C3NC4NC(NC5NC(NC6NC(NC(N3)C2CC1OCCCCCC)C1CCCCC61)C1CC(OCCCCCC)C(OCCCCCC)CC51)C1CCCCC41. The van der Waals surface area contributed by atoms with Crippen molar-refractivity contribution in [1.82, 2.24) is 42.5 Å². The van der Waals surface area contributed by atoms with Gasteiger partial charge in [-0.25, -0.2) is 0 Å². The van der Waals surface area contributed by atoms with Crippen LogP contribution in [-0.2, 0) is 18.9 Å². The molecule has 9 rings (SSSR count). The number of rotatable bonds is 24. The standard InChI is InChI=1S/C56H104N8O4/c1-5-9-13-21-29-65-45-33-41-42(34-46(45)66-30-22-14-10-6-2)54-60-50-39-27-19-20-28-40(39)52(58-50)62-56-44-36-48(68-32-24-16-12-8-4)47(67-31-23-15-11-7-3)35-43(44)55(64-56)61-51-38-26-18-17-25-37(38)49(57-51)59-53(41)63-54/h37-64H,5-36H2,1-4H3. The largest absolute Gasteiger partial charge is 0.376 e. The van der Waals surface area contributed by atoms with E-state index in [1.54, 1.807) is 0 Å². The minimum absolute atomic E-state index is 0.151. The topological polar surface area (TPSA) is 133 Å². The molecule has 9 fully saturated rings. The van der Waals surface area contributed by atoms with E-state index in [-0.39, 0.29) is 73.7 Å². The second-order valence-corrected chi connectivity index (χ2v) is 23.9. The Morgan fingerprint density at radius 2 is 0.471 bits per heavy atom. The first kappa shape index (κ1) is 52.4. The van der Waals surface area contributed by atoms with Gasteiger partial charge in [-0.2, -0.15) is 0 Å². The normalized spacial score (nSPS) is 43.2. The molecule has 0 spiro atoms. The average molecular weight is 953 g/mol. The molecule has 4 saturated carbocycles. The van der Waals surface area contributed by atoms with Gasteiger partial charge in [0, 0.05) is 26.4 Å². The number of ether oxygens (including phenoxy) is 4. The molecule has 9 aliphatic rings. The van der Waals surface area contributed by atoms with Gasteiger partial charge in [0.25, 0.3) is 0 Å². The third-order valence-electron chi connectivity index (χ3n) is 19.3. The molecule has 5 aliphatic heterocycles. The van der Waals surface area contributed by atoms with E-state index in [0.29, 0.717) is 47.3 Å². The molecule has 0 aromatic carbocycles. The predicted molar refractivity (Wildman–Crippen MR) is 274 cm³/mol. The van der Waals surface area contributed by atoms with Crippen LogP contribution in [0.4, 0.5) is 0 Å². The smallest absolute Gasteiger partial charge is 0.0840 e. The van der Waals surface area contributed by atoms with Crippen molar-refractivity contribution in [3.63, 3.8) is 0 Å². The van der Waals surface area contributed by atoms with Crippen LogP contribution in [0.2, 0.25) is 0 Å². The quantitative estimate of drug-likeness (QED) is 0.0440. The summed E-state index contributed by atoms with van der Waals surface area (Å²) >= 11 is 0. The van der Waals surface area contributed by atoms with E-state index in [2.05, 4.69) is 70.2 Å². The van der Waals surface area contributed by atoms with Gasteiger partial charge in [0.05, 0.1) is 73.7 Å². The third-order valence-corrected chi connectivity index (χ3v) is 19.3. The maximum Gasteiger partial charge on any atom is 0.0840 e. The van der Waals surface area contributed by atoms with Crippen molar-refractivity contribution >= 4 is 0 Å². The average Bonchev–Trinajstić information content (AvgIpc) is 4.09. The van der Waals surface area contributed by atoms with Gasteiger partial charge in [-0.15, -0.1) is 0 Å². The minimum atomic E-state index is 0.151. The summed E-state index contributed by atoms with van der Waals surface area (Å²) in [5, 5.41) is 34.9. The molecule has 0 aromatic heterocycles. The monoisotopic (exact) mass is 953 g/mol. The van der Waals surface area contributed by atoms with Crippen molar-refractivity contribution in [3.8, 4) is 0 Å². The Morgan fingerprint density at radius 3 is 0.676 bits per heavy atom. The number of fused-ring (bicyclic) bond motifs is 20. The summed E-state index contributed by atoms with van der Waals surface area (Å²) in [6, 6.07) is 0. The van der Waals surface area contributed by atoms with Gasteiger partial charge in [-0.3, -0.25) is 42.5 Å². The first-order valence-electron chi connectivity index (χ1n) is 30.1. The lowest BCUT2D eigenvalue weighted by Crippen LogP contribution is -2.61. The molecule has 20 unspecified atom stereocenters. The molecule has 12 nitrogen and oxygen atoms in total. The Hall–Kier alpha value is -0.480. The fourth-order valence-electron chi connectivity index (χ4n) is 15.6. The van der Waals surface area contributed by atoms with Gasteiger partial charge < -0.3 is 18.9 Å². The maximum absolute atomic E-state index is 6.94. The maximum atomic E-state index is 6.94. The fourth-order valence-corrected chi connectivity index (χ4v) is 15.6. The zero-order chi connectivity index (χ0) is 46.7. The molecule has 0 radical (unpaired) electrons. The van der Waals surface area contributed by atoms with Gasteiger partial charge in [0.2, 0.25) is 0 Å². The first-order valence-corrected chi connectivity index (χ1v) is 30.1. The molecule has 12 heteroatoms. The predicted octanol–water partition coefficient (Wildman–Crippen LogP) is 8.91. The first-order chi connectivity index (χ1) is 33.6. The zero-order valence-electron chi connectivity index (χ0n) is 43.8. The highest BCUT2D eigenvalue weighted by molar-refractivity contribution is 5.10. The van der Waals surface area contributed by atoms with Crippen LogP contribution < -0.4 is 42.5 Å². The highest BCUT2D eigenvalue weighted by Crippen LogP contribution is 2.47. The Balaban J connectivity index is 0.977. The van der Waals surface area contributed by atoms with E-state index in [1.807, 2.05) is 0 Å². The zero-order valence-corrected chi connectivity index (χ0v) is 43.8. The van der Waals surface area contributed by atoms with Crippen LogP contribution in [0.1, 0.15) is 207 Å². The molecule has 8 bridgehead atoms. The van der Waals surface area contributed by atoms with E-state index in [0.717, 1.165) is 77.8 Å². The number of unbranched alkanes of at least 4 members (excludes halogenated alkanes) is 12. The van der Waals surface area contributed by atoms with Crippen LogP contribution in [0.5, 0.6) is 0 Å². The van der Waals surface area contributed by atoms with Crippen LogP contribution in [0, 0.1) is 47.3 Å². The molecular weight excluding hydrogens is 849 g/mol. The lowest BCUT2D eigenvalue weighted by Gasteiger charge is -2.41. The second kappa shape index (κ2) is 26.6. The fraction of sp³-hybridized carbons (Fsp3) is 1.00. The second-order valence-electron chi connectivity index (χ2n) is 23.9. The van der Waals surface area contributed by atoms with Gasteiger partial charge in [0.15, 0.2) is 0 Å². The van der Waals surface area contributed by atoms with Gasteiger partial charge in [-0.1, -0.05) is 130 Å². The van der Waals surface area contributed by atoms with Gasteiger partial charge in [0.1, 0.15) is 0 Å². The van der Waals surface area contributed by atoms with Crippen molar-refractivity contribution in [1.29, 1.82) is 0 Å². The highest BCUT2D eigenvalue weighted by Gasteiger charge is 2.57. The molecule has 8 N–H and O–H groups in total. The molecular formula is C56H104N8O4. The molecule has 392 valence electrons. The summed E-state index contributed by atoms with van der Waals surface area (Å²) in [5.41, 5.74) is 0. The molecule has 5 saturated heterocycles. The number of hydrogen-bond donors (Lipinski definition) is 8. The van der Waals surface area contributed by atoms with Crippen LogP contribution in [0.15, 0.2) is 0 Å². The number of nitrogens with one attached hydrogen (secondary N) is 8. The van der Waals surface area contributed by atoms with E-state index in [4.69, 9.17) is 18.9 Å². The summed E-state index contributed by atoms with van der Waals surface area (Å²) in [6.45, 7) is 12.6. The van der Waals surface area contributed by atoms with Crippen molar-refractivity contribution in [2.24, 2.45) is 47.3 Å². The van der Waals surface area contributed by atoms with Gasteiger partial charge >= 0.3 is 0 Å². The molecule has 0 aromatic rings. The van der Waals surface area contributed by atoms with Crippen LogP contribution in [0.25, 0.3) is 0 Å². The van der Waals surface area contributed by atoms with Crippen molar-refractivity contribution in [3.05, 3.63) is 0 Å². The van der Waals surface area contributed by atoms with E-state index >= 15 is 0 Å². The van der Waals surface area contributed by atoms with Crippen molar-refractivity contribution in [2.45, 2.75) is 281 Å². The molecule has 4 aliphatic carbocycles. The number of hydrogen-bond acceptors (Lipinski definition) is 12. The summed E-state index contributed by atoms with van der Waals surface area (Å²) in [4.78, 5) is 0. The molecule has 20 atom stereocenters. The summed E-state index contributed by atoms with van der Waals surface area (Å²) < 4.78 is 27.8. The van der Waals surface area contributed by atoms with Crippen LogP contribution in [0.3, 0.4) is 0 Å². The van der Waals surface area contributed by atoms with E-state index in [9.17, 15) is 0 Å². The van der Waals surface area contributed by atoms with E-state index < -0.39 is 0 Å².